The summed E-state index contributed by atoms with van der Waals surface area (Å²) in [5.41, 5.74) is 0. The van der Waals surface area contributed by atoms with Crippen LogP contribution in [0.25, 0.3) is 0 Å². The summed E-state index contributed by atoms with van der Waals surface area (Å²) in [5, 5.41) is 8.66. The van der Waals surface area contributed by atoms with E-state index in [9.17, 15) is 0 Å². The predicted molar refractivity (Wildman–Crippen MR) is 92.4 cm³/mol. The van der Waals surface area contributed by atoms with Crippen LogP contribution in [0.1, 0.15) is 13.3 Å². The largest absolute Gasteiger partial charge is 0.437 e. The molecular weight excluding hydrogens is 304 g/mol. The van der Waals surface area contributed by atoms with Crippen LogP contribution in [-0.4, -0.2) is 50.1 Å². The first-order chi connectivity index (χ1) is 9.04. The molecule has 20 heavy (non-hydrogen) atoms. The summed E-state index contributed by atoms with van der Waals surface area (Å²) in [6.07, 6.45) is 0.998. The molecule has 0 saturated carbocycles. The van der Waals surface area contributed by atoms with Gasteiger partial charge in [-0.25, -0.2) is 0 Å². The van der Waals surface area contributed by atoms with Crippen LogP contribution in [0.15, 0.2) is 0 Å². The summed E-state index contributed by atoms with van der Waals surface area (Å²) in [4.78, 5) is 0. The molecule has 0 fully saturated rings. The van der Waals surface area contributed by atoms with Crippen molar-refractivity contribution in [1.82, 2.24) is 0 Å². The van der Waals surface area contributed by atoms with Crippen molar-refractivity contribution in [2.75, 3.05) is 19.8 Å². The second kappa shape index (κ2) is 8.82. The van der Waals surface area contributed by atoms with Crippen molar-refractivity contribution in [1.29, 1.82) is 0 Å². The fourth-order valence-corrected chi connectivity index (χ4v) is 15.4. The van der Waals surface area contributed by atoms with Crippen molar-refractivity contribution in [3.8, 4) is 0 Å². The highest BCUT2D eigenvalue weighted by atomic mass is 28.5. The number of ether oxygens (including phenoxy) is 1. The third kappa shape index (κ3) is 10.3. The lowest BCUT2D eigenvalue weighted by atomic mass is 10.5. The molecule has 0 aliphatic heterocycles. The first kappa shape index (κ1) is 20.5. The zero-order valence-electron chi connectivity index (χ0n) is 14.4. The molecule has 122 valence electrons. The number of aliphatic hydroxyl groups excluding tert-OH is 1. The molecule has 0 amide bonds. The van der Waals surface area contributed by atoms with Crippen LogP contribution in [-0.2, 0) is 13.0 Å². The fraction of sp³-hybridized carbons (Fsp3) is 1.00. The normalized spacial score (nSPS) is 13.8. The van der Waals surface area contributed by atoms with Gasteiger partial charge in [-0.1, -0.05) is 6.92 Å². The highest BCUT2D eigenvalue weighted by Crippen LogP contribution is 2.25. The van der Waals surface area contributed by atoms with Crippen molar-refractivity contribution in [2.24, 2.45) is 0 Å². The van der Waals surface area contributed by atoms with Crippen molar-refractivity contribution in [3.05, 3.63) is 0 Å². The summed E-state index contributed by atoms with van der Waals surface area (Å²) < 4.78 is 18.1. The van der Waals surface area contributed by atoms with Gasteiger partial charge in [0.05, 0.1) is 13.2 Å². The van der Waals surface area contributed by atoms with Gasteiger partial charge in [-0.05, 0) is 57.8 Å². The maximum absolute atomic E-state index is 8.66. The molecule has 1 N–H and O–H groups in total. The van der Waals surface area contributed by atoms with Gasteiger partial charge < -0.3 is 18.1 Å². The van der Waals surface area contributed by atoms with E-state index < -0.39 is 25.2 Å². The van der Waals surface area contributed by atoms with E-state index in [1.807, 2.05) is 0 Å². The lowest BCUT2D eigenvalue weighted by Crippen LogP contribution is -2.52. The average molecular weight is 339 g/mol. The van der Waals surface area contributed by atoms with Crippen molar-refractivity contribution >= 4 is 25.2 Å². The van der Waals surface area contributed by atoms with E-state index >= 15 is 0 Å². The van der Waals surface area contributed by atoms with E-state index in [1.54, 1.807) is 0 Å². The maximum Gasteiger partial charge on any atom is 0.311 e. The minimum atomic E-state index is -2.03. The van der Waals surface area contributed by atoms with Gasteiger partial charge in [-0.3, -0.25) is 0 Å². The Morgan fingerprint density at radius 1 is 0.850 bits per heavy atom. The third-order valence-electron chi connectivity index (χ3n) is 3.20. The molecule has 0 aliphatic rings. The zero-order valence-corrected chi connectivity index (χ0v) is 17.4. The van der Waals surface area contributed by atoms with Crippen LogP contribution < -0.4 is 0 Å². The molecule has 0 aromatic carbocycles. The number of hydrogen-bond acceptors (Lipinski definition) is 4. The van der Waals surface area contributed by atoms with Gasteiger partial charge in [0.1, 0.15) is 0 Å². The maximum atomic E-state index is 8.66. The molecular formula is C13H34O4Si3. The molecule has 0 bridgehead atoms. The number of rotatable bonds is 11. The molecule has 0 atom stereocenters. The number of hydrogen-bond donors (Lipinski definition) is 1. The Morgan fingerprint density at radius 2 is 1.40 bits per heavy atom. The van der Waals surface area contributed by atoms with Gasteiger partial charge in [0.25, 0.3) is 0 Å². The molecule has 0 aromatic heterocycles. The predicted octanol–water partition coefficient (Wildman–Crippen LogP) is 3.55. The Morgan fingerprint density at radius 3 is 1.90 bits per heavy atom. The van der Waals surface area contributed by atoms with Gasteiger partial charge in [0, 0.05) is 6.61 Å². The molecule has 0 heterocycles. The molecule has 0 aliphatic carbocycles. The van der Waals surface area contributed by atoms with Crippen LogP contribution in [0, 0.1) is 0 Å². The van der Waals surface area contributed by atoms with E-state index in [4.69, 9.17) is 18.1 Å². The summed E-state index contributed by atoms with van der Waals surface area (Å²) in [5.74, 6) is 0. The van der Waals surface area contributed by atoms with Crippen LogP contribution in [0.3, 0.4) is 0 Å². The lowest BCUT2D eigenvalue weighted by molar-refractivity contribution is 0.0923. The topological polar surface area (TPSA) is 47.9 Å². The molecule has 0 unspecified atom stereocenters. The van der Waals surface area contributed by atoms with Gasteiger partial charge >= 0.3 is 8.56 Å². The van der Waals surface area contributed by atoms with Crippen LogP contribution in [0.2, 0.25) is 51.4 Å². The first-order valence-electron chi connectivity index (χ1n) is 7.62. The van der Waals surface area contributed by atoms with Gasteiger partial charge in [0.15, 0.2) is 16.6 Å². The summed E-state index contributed by atoms with van der Waals surface area (Å²) in [6.45, 7) is 16.9. The molecule has 0 rings (SSSR count). The summed E-state index contributed by atoms with van der Waals surface area (Å²) in [7, 11) is -5.28. The Kier molecular flexibility index (Phi) is 9.03. The van der Waals surface area contributed by atoms with Crippen molar-refractivity contribution in [3.63, 3.8) is 0 Å². The smallest absolute Gasteiger partial charge is 0.311 e. The monoisotopic (exact) mass is 338 g/mol. The highest BCUT2D eigenvalue weighted by Gasteiger charge is 2.38. The second-order valence-corrected chi connectivity index (χ2v) is 19.6. The van der Waals surface area contributed by atoms with E-state index in [-0.39, 0.29) is 6.61 Å². The molecule has 0 spiro atoms. The van der Waals surface area contributed by atoms with E-state index in [1.165, 1.54) is 0 Å². The first-order valence-corrected chi connectivity index (χ1v) is 16.7. The Balaban J connectivity index is 4.21. The Labute approximate surface area is 128 Å². The Bertz CT molecular complexity index is 270. The highest BCUT2D eigenvalue weighted by molar-refractivity contribution is 6.87. The minimum Gasteiger partial charge on any atom is -0.437 e. The standard InChI is InChI=1S/C13H34O4Si3/c1-8-18(2,3)16-20(6,7)17-19(4,5)13-9-11-15-12-10-14/h14H,8-13H2,1-7H3. The van der Waals surface area contributed by atoms with E-state index in [2.05, 4.69) is 46.2 Å². The van der Waals surface area contributed by atoms with E-state index in [0.717, 1.165) is 18.5 Å². The van der Waals surface area contributed by atoms with Crippen molar-refractivity contribution in [2.45, 2.75) is 64.7 Å². The lowest BCUT2D eigenvalue weighted by Gasteiger charge is -2.38. The molecule has 0 aromatic rings. The Hall–Kier alpha value is 0.491. The SMILES string of the molecule is CC[Si](C)(C)O[Si](C)(C)O[Si](C)(C)CCCOCCO. The van der Waals surface area contributed by atoms with Gasteiger partial charge in [-0.2, -0.15) is 0 Å². The third-order valence-corrected chi connectivity index (χ3v) is 14.8. The van der Waals surface area contributed by atoms with Gasteiger partial charge in [-0.15, -0.1) is 0 Å². The molecule has 4 nitrogen and oxygen atoms in total. The summed E-state index contributed by atoms with van der Waals surface area (Å²) >= 11 is 0. The summed E-state index contributed by atoms with van der Waals surface area (Å²) in [6, 6.07) is 2.20. The van der Waals surface area contributed by atoms with Crippen LogP contribution in [0.5, 0.6) is 0 Å². The minimum absolute atomic E-state index is 0.0990. The van der Waals surface area contributed by atoms with Crippen LogP contribution >= 0.6 is 0 Å². The van der Waals surface area contributed by atoms with E-state index in [0.29, 0.717) is 13.2 Å². The average Bonchev–Trinajstić information content (AvgIpc) is 2.25. The van der Waals surface area contributed by atoms with Gasteiger partial charge in [0.2, 0.25) is 0 Å². The van der Waals surface area contributed by atoms with Crippen LogP contribution in [0.4, 0.5) is 0 Å². The fourth-order valence-electron chi connectivity index (χ4n) is 2.24. The molecule has 0 radical (unpaired) electrons. The quantitative estimate of drug-likeness (QED) is 0.462. The second-order valence-electron chi connectivity index (χ2n) is 6.92. The zero-order chi connectivity index (χ0) is 15.9. The number of aliphatic hydroxyl groups is 1. The molecule has 0 saturated heterocycles. The molecule has 7 heteroatoms. The van der Waals surface area contributed by atoms with Crippen molar-refractivity contribution < 1.29 is 18.1 Å².